The van der Waals surface area contributed by atoms with Crippen LogP contribution in [0.1, 0.15) is 29.2 Å². The smallest absolute Gasteiger partial charge is 0.152 e. The monoisotopic (exact) mass is 220 g/mol. The van der Waals surface area contributed by atoms with Crippen molar-refractivity contribution in [1.82, 2.24) is 9.55 Å². The third kappa shape index (κ3) is 1.35. The summed E-state index contributed by atoms with van der Waals surface area (Å²) in [6, 6.07) is 4.08. The number of hydrogen-bond acceptors (Lipinski definition) is 2. The maximum Gasteiger partial charge on any atom is 0.152 e. The molecule has 0 N–H and O–H groups in total. The van der Waals surface area contributed by atoms with E-state index in [4.69, 9.17) is 11.6 Å². The standard InChI is InChI=1S/C11H9ClN2O/c12-10-5-7(6-15)11-9(13-10)3-4-14(11)8-1-2-8/h3-6,8H,1-2H2. The van der Waals surface area contributed by atoms with Crippen molar-refractivity contribution in [3.8, 4) is 0 Å². The molecule has 2 aromatic rings. The molecule has 76 valence electrons. The summed E-state index contributed by atoms with van der Waals surface area (Å²) in [5, 5.41) is 0.373. The number of halogens is 1. The first kappa shape index (κ1) is 8.92. The second-order valence-corrected chi connectivity index (χ2v) is 4.23. The Balaban J connectivity index is 2.35. The van der Waals surface area contributed by atoms with E-state index >= 15 is 0 Å². The van der Waals surface area contributed by atoms with Gasteiger partial charge >= 0.3 is 0 Å². The fourth-order valence-corrected chi connectivity index (χ4v) is 2.12. The van der Waals surface area contributed by atoms with Crippen LogP contribution in [-0.4, -0.2) is 15.8 Å². The molecule has 0 aromatic carbocycles. The molecule has 1 saturated carbocycles. The van der Waals surface area contributed by atoms with E-state index in [0.29, 0.717) is 16.8 Å². The van der Waals surface area contributed by atoms with E-state index in [0.717, 1.165) is 17.3 Å². The average molecular weight is 221 g/mol. The molecule has 3 rings (SSSR count). The zero-order chi connectivity index (χ0) is 10.4. The lowest BCUT2D eigenvalue weighted by molar-refractivity contribution is 0.112. The first-order chi connectivity index (χ1) is 7.29. The summed E-state index contributed by atoms with van der Waals surface area (Å²) in [6.07, 6.45) is 5.20. The maximum atomic E-state index is 11.0. The largest absolute Gasteiger partial charge is 0.343 e. The van der Waals surface area contributed by atoms with E-state index in [1.807, 2.05) is 12.3 Å². The average Bonchev–Trinajstić information content (AvgIpc) is 2.98. The Morgan fingerprint density at radius 2 is 2.33 bits per heavy atom. The normalized spacial score (nSPS) is 15.8. The number of carbonyl (C=O) groups is 1. The van der Waals surface area contributed by atoms with Crippen LogP contribution in [0, 0.1) is 0 Å². The molecule has 1 fully saturated rings. The van der Waals surface area contributed by atoms with Gasteiger partial charge in [-0.1, -0.05) is 11.6 Å². The number of fused-ring (bicyclic) bond motifs is 1. The Bertz CT molecular complexity index is 543. The SMILES string of the molecule is O=Cc1cc(Cl)nc2ccn(C3CC3)c12. The van der Waals surface area contributed by atoms with Gasteiger partial charge in [-0.25, -0.2) is 4.98 Å². The molecule has 15 heavy (non-hydrogen) atoms. The number of aldehydes is 1. The van der Waals surface area contributed by atoms with Gasteiger partial charge in [0.1, 0.15) is 5.15 Å². The van der Waals surface area contributed by atoms with E-state index in [1.165, 1.54) is 12.8 Å². The molecule has 0 amide bonds. The van der Waals surface area contributed by atoms with Crippen LogP contribution in [0.2, 0.25) is 5.15 Å². The van der Waals surface area contributed by atoms with Gasteiger partial charge in [-0.05, 0) is 25.0 Å². The van der Waals surface area contributed by atoms with Crippen molar-refractivity contribution in [2.45, 2.75) is 18.9 Å². The first-order valence-corrected chi connectivity index (χ1v) is 5.29. The number of rotatable bonds is 2. The molecule has 0 bridgehead atoms. The minimum absolute atomic E-state index is 0.373. The predicted octanol–water partition coefficient (Wildman–Crippen LogP) is 2.84. The van der Waals surface area contributed by atoms with Gasteiger partial charge in [0.05, 0.1) is 11.0 Å². The number of pyridine rings is 1. The molecule has 0 radical (unpaired) electrons. The highest BCUT2D eigenvalue weighted by Crippen LogP contribution is 2.38. The number of nitrogens with zero attached hydrogens (tertiary/aromatic N) is 2. The molecule has 1 aliphatic carbocycles. The van der Waals surface area contributed by atoms with Gasteiger partial charge < -0.3 is 4.57 Å². The highest BCUT2D eigenvalue weighted by molar-refractivity contribution is 6.30. The molecule has 4 heteroatoms. The van der Waals surface area contributed by atoms with Gasteiger partial charge in [0.15, 0.2) is 6.29 Å². The molecule has 0 aliphatic heterocycles. The Morgan fingerprint density at radius 3 is 3.00 bits per heavy atom. The third-order valence-electron chi connectivity index (χ3n) is 2.74. The fourth-order valence-electron chi connectivity index (χ4n) is 1.91. The summed E-state index contributed by atoms with van der Waals surface area (Å²) in [5.41, 5.74) is 2.34. The van der Waals surface area contributed by atoms with Crippen LogP contribution < -0.4 is 0 Å². The van der Waals surface area contributed by atoms with Gasteiger partial charge in [0.25, 0.3) is 0 Å². The number of aromatic nitrogens is 2. The van der Waals surface area contributed by atoms with Gasteiger partial charge in [-0.3, -0.25) is 4.79 Å². The lowest BCUT2D eigenvalue weighted by atomic mass is 10.2. The van der Waals surface area contributed by atoms with Crippen molar-refractivity contribution in [3.63, 3.8) is 0 Å². The van der Waals surface area contributed by atoms with E-state index in [-0.39, 0.29) is 0 Å². The molecule has 0 spiro atoms. The van der Waals surface area contributed by atoms with E-state index < -0.39 is 0 Å². The summed E-state index contributed by atoms with van der Waals surface area (Å²) in [7, 11) is 0. The van der Waals surface area contributed by atoms with Gasteiger partial charge in [0.2, 0.25) is 0 Å². The fraction of sp³-hybridized carbons (Fsp3) is 0.273. The topological polar surface area (TPSA) is 34.9 Å². The lowest BCUT2D eigenvalue weighted by Gasteiger charge is -2.04. The van der Waals surface area contributed by atoms with Crippen molar-refractivity contribution in [2.75, 3.05) is 0 Å². The highest BCUT2D eigenvalue weighted by Gasteiger charge is 2.25. The van der Waals surface area contributed by atoms with Crippen molar-refractivity contribution < 1.29 is 4.79 Å². The number of hydrogen-bond donors (Lipinski definition) is 0. The molecule has 2 heterocycles. The van der Waals surface area contributed by atoms with Crippen molar-refractivity contribution in [3.05, 3.63) is 29.0 Å². The molecular formula is C11H9ClN2O. The lowest BCUT2D eigenvalue weighted by Crippen LogP contribution is -1.95. The highest BCUT2D eigenvalue weighted by atomic mass is 35.5. The molecule has 1 aliphatic rings. The van der Waals surface area contributed by atoms with Gasteiger partial charge in [0, 0.05) is 17.8 Å². The first-order valence-electron chi connectivity index (χ1n) is 4.92. The Hall–Kier alpha value is -1.35. The van der Waals surface area contributed by atoms with Gasteiger partial charge in [-0.15, -0.1) is 0 Å². The van der Waals surface area contributed by atoms with Crippen molar-refractivity contribution >= 4 is 28.9 Å². The van der Waals surface area contributed by atoms with E-state index in [1.54, 1.807) is 6.07 Å². The summed E-state index contributed by atoms with van der Waals surface area (Å²) >= 11 is 5.83. The second kappa shape index (κ2) is 3.07. The van der Waals surface area contributed by atoms with E-state index in [9.17, 15) is 4.79 Å². The Morgan fingerprint density at radius 1 is 1.53 bits per heavy atom. The maximum absolute atomic E-state index is 11.0. The second-order valence-electron chi connectivity index (χ2n) is 3.84. The molecule has 2 aromatic heterocycles. The quantitative estimate of drug-likeness (QED) is 0.576. The predicted molar refractivity (Wildman–Crippen MR) is 58.4 cm³/mol. The zero-order valence-corrected chi connectivity index (χ0v) is 8.74. The molecular weight excluding hydrogens is 212 g/mol. The summed E-state index contributed by atoms with van der Waals surface area (Å²) in [4.78, 5) is 15.2. The van der Waals surface area contributed by atoms with Crippen molar-refractivity contribution in [1.29, 1.82) is 0 Å². The molecule has 0 unspecified atom stereocenters. The summed E-state index contributed by atoms with van der Waals surface area (Å²) < 4.78 is 2.13. The minimum Gasteiger partial charge on any atom is -0.343 e. The molecule has 3 nitrogen and oxygen atoms in total. The molecule has 0 saturated heterocycles. The van der Waals surface area contributed by atoms with E-state index in [2.05, 4.69) is 9.55 Å². The van der Waals surface area contributed by atoms with Crippen LogP contribution in [-0.2, 0) is 0 Å². The van der Waals surface area contributed by atoms with Crippen LogP contribution in [0.5, 0.6) is 0 Å². The number of carbonyl (C=O) groups excluding carboxylic acids is 1. The van der Waals surface area contributed by atoms with Crippen LogP contribution in [0.3, 0.4) is 0 Å². The Kier molecular flexibility index (Phi) is 1.83. The van der Waals surface area contributed by atoms with Crippen molar-refractivity contribution in [2.24, 2.45) is 0 Å². The summed E-state index contributed by atoms with van der Waals surface area (Å²) in [6.45, 7) is 0. The Labute approximate surface area is 91.7 Å². The minimum atomic E-state index is 0.373. The van der Waals surface area contributed by atoms with Crippen LogP contribution in [0.15, 0.2) is 18.3 Å². The summed E-state index contributed by atoms with van der Waals surface area (Å²) in [5.74, 6) is 0. The zero-order valence-electron chi connectivity index (χ0n) is 7.98. The third-order valence-corrected chi connectivity index (χ3v) is 2.93. The van der Waals surface area contributed by atoms with Crippen LogP contribution >= 0.6 is 11.6 Å². The van der Waals surface area contributed by atoms with Crippen LogP contribution in [0.4, 0.5) is 0 Å². The van der Waals surface area contributed by atoms with Crippen LogP contribution in [0.25, 0.3) is 11.0 Å². The van der Waals surface area contributed by atoms with Gasteiger partial charge in [-0.2, -0.15) is 0 Å². The molecule has 0 atom stereocenters.